The van der Waals surface area contributed by atoms with Crippen molar-refractivity contribution in [1.82, 2.24) is 20.8 Å². The smallest absolute Gasteiger partial charge is 0.223 e. The normalized spacial score (nSPS) is 11.9. The third-order valence-corrected chi connectivity index (χ3v) is 1.88. The van der Waals surface area contributed by atoms with Crippen molar-refractivity contribution < 1.29 is 4.52 Å². The number of nitrogens with zero attached hydrogens (tertiary/aromatic N) is 3. The molecule has 0 aliphatic heterocycles. The van der Waals surface area contributed by atoms with E-state index in [4.69, 9.17) is 4.52 Å². The highest BCUT2D eigenvalue weighted by atomic mass is 16.5. The molecule has 1 aromatic rings. The number of hydrogen-bond donors (Lipinski definition) is 2. The summed E-state index contributed by atoms with van der Waals surface area (Å²) >= 11 is 0. The molecule has 2 N–H and O–H groups in total. The van der Waals surface area contributed by atoms with Crippen LogP contribution in [0.1, 0.15) is 25.6 Å². The van der Waals surface area contributed by atoms with E-state index in [-0.39, 0.29) is 0 Å². The molecule has 0 spiro atoms. The van der Waals surface area contributed by atoms with E-state index >= 15 is 0 Å². The molecule has 0 aliphatic carbocycles. The Morgan fingerprint density at radius 1 is 1.44 bits per heavy atom. The fourth-order valence-electron chi connectivity index (χ4n) is 1.10. The predicted molar refractivity (Wildman–Crippen MR) is 62.1 cm³/mol. The number of aliphatic imine (C=N–C) groups is 1. The Labute approximate surface area is 95.5 Å². The van der Waals surface area contributed by atoms with Crippen LogP contribution < -0.4 is 10.6 Å². The van der Waals surface area contributed by atoms with Crippen LogP contribution in [-0.4, -0.2) is 29.7 Å². The summed E-state index contributed by atoms with van der Waals surface area (Å²) < 4.78 is 4.87. The molecule has 6 heteroatoms. The monoisotopic (exact) mass is 225 g/mol. The molecule has 1 aromatic heterocycles. The number of guanidine groups is 1. The summed E-state index contributed by atoms with van der Waals surface area (Å²) in [5, 5.41) is 10.1. The fourth-order valence-corrected chi connectivity index (χ4v) is 1.10. The lowest BCUT2D eigenvalue weighted by molar-refractivity contribution is 0.386. The molecule has 0 atom stereocenters. The van der Waals surface area contributed by atoms with E-state index in [1.54, 1.807) is 14.0 Å². The molecule has 16 heavy (non-hydrogen) atoms. The van der Waals surface area contributed by atoms with Crippen LogP contribution in [0.5, 0.6) is 0 Å². The van der Waals surface area contributed by atoms with Crippen LogP contribution in [-0.2, 0) is 6.54 Å². The average molecular weight is 225 g/mol. The van der Waals surface area contributed by atoms with Gasteiger partial charge in [-0.15, -0.1) is 0 Å². The predicted octanol–water partition coefficient (Wildman–Crippen LogP) is 0.699. The summed E-state index contributed by atoms with van der Waals surface area (Å²) in [7, 11) is 1.73. The maximum Gasteiger partial charge on any atom is 0.223 e. The highest BCUT2D eigenvalue weighted by Crippen LogP contribution is 1.93. The van der Waals surface area contributed by atoms with Crippen molar-refractivity contribution >= 4 is 5.96 Å². The van der Waals surface area contributed by atoms with Crippen LogP contribution in [0.4, 0.5) is 0 Å². The minimum absolute atomic E-state index is 0.509. The SMILES string of the molecule is CN=C(NCc1noc(C)n1)NCC(C)C. The second-order valence-electron chi connectivity index (χ2n) is 3.93. The second kappa shape index (κ2) is 6.09. The standard InChI is InChI=1S/C10H19N5O/c1-7(2)5-12-10(11-4)13-6-9-14-8(3)16-15-9/h7H,5-6H2,1-4H3,(H2,11,12,13). The molecule has 0 saturated heterocycles. The van der Waals surface area contributed by atoms with Gasteiger partial charge in [0.05, 0.1) is 6.54 Å². The van der Waals surface area contributed by atoms with Crippen molar-refractivity contribution in [1.29, 1.82) is 0 Å². The first-order valence-corrected chi connectivity index (χ1v) is 5.35. The Hall–Kier alpha value is -1.59. The fraction of sp³-hybridized carbons (Fsp3) is 0.700. The van der Waals surface area contributed by atoms with Gasteiger partial charge in [0.15, 0.2) is 11.8 Å². The molecule has 0 aromatic carbocycles. The Bertz CT molecular complexity index is 345. The van der Waals surface area contributed by atoms with Gasteiger partial charge in [-0.1, -0.05) is 19.0 Å². The van der Waals surface area contributed by atoms with Gasteiger partial charge in [0, 0.05) is 20.5 Å². The molecule has 0 radical (unpaired) electrons. The lowest BCUT2D eigenvalue weighted by Gasteiger charge is -2.11. The number of hydrogen-bond acceptors (Lipinski definition) is 4. The topological polar surface area (TPSA) is 75.3 Å². The van der Waals surface area contributed by atoms with Gasteiger partial charge in [-0.25, -0.2) is 0 Å². The molecular formula is C10H19N5O. The summed E-state index contributed by atoms with van der Waals surface area (Å²) in [6, 6.07) is 0. The first-order valence-electron chi connectivity index (χ1n) is 5.35. The first kappa shape index (κ1) is 12.5. The molecule has 0 bridgehead atoms. The second-order valence-corrected chi connectivity index (χ2v) is 3.93. The van der Waals surface area contributed by atoms with Gasteiger partial charge in [-0.05, 0) is 5.92 Å². The summed E-state index contributed by atoms with van der Waals surface area (Å²) in [5.74, 6) is 2.52. The van der Waals surface area contributed by atoms with E-state index < -0.39 is 0 Å². The van der Waals surface area contributed by atoms with Crippen molar-refractivity contribution in [3.8, 4) is 0 Å². The minimum Gasteiger partial charge on any atom is -0.356 e. The zero-order valence-electron chi connectivity index (χ0n) is 10.2. The summed E-state index contributed by atoms with van der Waals surface area (Å²) in [6.07, 6.45) is 0. The van der Waals surface area contributed by atoms with E-state index in [0.717, 1.165) is 12.5 Å². The number of aromatic nitrogens is 2. The molecule has 0 fully saturated rings. The Balaban J connectivity index is 2.34. The van der Waals surface area contributed by atoms with Crippen molar-refractivity contribution in [2.45, 2.75) is 27.3 Å². The quantitative estimate of drug-likeness (QED) is 0.582. The van der Waals surface area contributed by atoms with Crippen LogP contribution in [0, 0.1) is 12.8 Å². The molecular weight excluding hydrogens is 206 g/mol. The third-order valence-electron chi connectivity index (χ3n) is 1.88. The van der Waals surface area contributed by atoms with E-state index in [1.165, 1.54) is 0 Å². The largest absolute Gasteiger partial charge is 0.356 e. The van der Waals surface area contributed by atoms with Crippen LogP contribution in [0.25, 0.3) is 0 Å². The molecule has 1 heterocycles. The molecule has 6 nitrogen and oxygen atoms in total. The molecule has 90 valence electrons. The van der Waals surface area contributed by atoms with Crippen molar-refractivity contribution in [3.05, 3.63) is 11.7 Å². The Morgan fingerprint density at radius 2 is 2.19 bits per heavy atom. The van der Waals surface area contributed by atoms with Gasteiger partial charge >= 0.3 is 0 Å². The summed E-state index contributed by atoms with van der Waals surface area (Å²) in [5.41, 5.74) is 0. The molecule has 0 unspecified atom stereocenters. The van der Waals surface area contributed by atoms with Crippen molar-refractivity contribution in [2.75, 3.05) is 13.6 Å². The van der Waals surface area contributed by atoms with E-state index in [1.807, 2.05) is 0 Å². The number of rotatable bonds is 4. The molecule has 0 aliphatic rings. The molecule has 1 rings (SSSR count). The Morgan fingerprint density at radius 3 is 2.69 bits per heavy atom. The highest BCUT2D eigenvalue weighted by Gasteiger charge is 2.03. The van der Waals surface area contributed by atoms with E-state index in [0.29, 0.717) is 24.2 Å². The van der Waals surface area contributed by atoms with Gasteiger partial charge in [0.1, 0.15) is 0 Å². The average Bonchev–Trinajstić information content (AvgIpc) is 2.64. The van der Waals surface area contributed by atoms with Crippen LogP contribution >= 0.6 is 0 Å². The van der Waals surface area contributed by atoms with Crippen LogP contribution in [0.2, 0.25) is 0 Å². The number of nitrogens with one attached hydrogen (secondary N) is 2. The zero-order chi connectivity index (χ0) is 12.0. The Kier molecular flexibility index (Phi) is 4.75. The van der Waals surface area contributed by atoms with Crippen LogP contribution in [0.3, 0.4) is 0 Å². The van der Waals surface area contributed by atoms with Gasteiger partial charge < -0.3 is 15.2 Å². The first-order chi connectivity index (χ1) is 7.61. The number of aryl methyl sites for hydroxylation is 1. The zero-order valence-corrected chi connectivity index (χ0v) is 10.2. The highest BCUT2D eigenvalue weighted by molar-refractivity contribution is 5.79. The maximum absolute atomic E-state index is 4.87. The van der Waals surface area contributed by atoms with Crippen molar-refractivity contribution in [3.63, 3.8) is 0 Å². The van der Waals surface area contributed by atoms with Gasteiger partial charge in [-0.2, -0.15) is 4.98 Å². The van der Waals surface area contributed by atoms with Gasteiger partial charge in [0.25, 0.3) is 0 Å². The molecule has 0 amide bonds. The van der Waals surface area contributed by atoms with Gasteiger partial charge in [0.2, 0.25) is 5.89 Å². The van der Waals surface area contributed by atoms with E-state index in [2.05, 4.69) is 39.6 Å². The third kappa shape index (κ3) is 4.29. The summed E-state index contributed by atoms with van der Waals surface area (Å²) in [6.45, 7) is 7.44. The van der Waals surface area contributed by atoms with Crippen LogP contribution in [0.15, 0.2) is 9.52 Å². The lowest BCUT2D eigenvalue weighted by atomic mass is 10.2. The van der Waals surface area contributed by atoms with E-state index in [9.17, 15) is 0 Å². The minimum atomic E-state index is 0.509. The maximum atomic E-state index is 4.87. The van der Waals surface area contributed by atoms with Gasteiger partial charge in [-0.3, -0.25) is 4.99 Å². The van der Waals surface area contributed by atoms with Crippen molar-refractivity contribution in [2.24, 2.45) is 10.9 Å². The summed E-state index contributed by atoms with van der Waals surface area (Å²) in [4.78, 5) is 8.18. The lowest BCUT2D eigenvalue weighted by Crippen LogP contribution is -2.38. The molecule has 0 saturated carbocycles.